The van der Waals surface area contributed by atoms with Gasteiger partial charge in [0.05, 0.1) is 0 Å². The van der Waals surface area contributed by atoms with E-state index in [0.717, 1.165) is 19.4 Å². The van der Waals surface area contributed by atoms with E-state index in [-0.39, 0.29) is 34.7 Å². The van der Waals surface area contributed by atoms with Crippen molar-refractivity contribution in [2.75, 3.05) is 27.2 Å². The topological polar surface area (TPSA) is 81.9 Å². The van der Waals surface area contributed by atoms with Gasteiger partial charge in [0.1, 0.15) is 18.2 Å². The van der Waals surface area contributed by atoms with Gasteiger partial charge in [-0.05, 0) is 74.9 Å². The average molecular weight is 607 g/mol. The molecule has 0 radical (unpaired) electrons. The van der Waals surface area contributed by atoms with Crippen LogP contribution in [0.25, 0.3) is 0 Å². The molecule has 0 aliphatic carbocycles. The molecular formula is C37H70N2O4. The van der Waals surface area contributed by atoms with Crippen molar-refractivity contribution in [1.29, 1.82) is 0 Å². The van der Waals surface area contributed by atoms with Crippen LogP contribution >= 0.6 is 0 Å². The number of carbonyl (C=O) groups excluding carboxylic acids is 2. The summed E-state index contributed by atoms with van der Waals surface area (Å²) in [6.07, 6.45) is 11.0. The predicted molar refractivity (Wildman–Crippen MR) is 183 cm³/mol. The van der Waals surface area contributed by atoms with Crippen LogP contribution in [-0.4, -0.2) is 55.7 Å². The van der Waals surface area contributed by atoms with Gasteiger partial charge in [-0.15, -0.1) is 0 Å². The highest BCUT2D eigenvalue weighted by Gasteiger charge is 2.54. The van der Waals surface area contributed by atoms with Crippen LogP contribution < -0.4 is 5.73 Å². The van der Waals surface area contributed by atoms with Crippen LogP contribution in [0.3, 0.4) is 0 Å². The fraction of sp³-hybridized carbons (Fsp3) is 0.838. The molecule has 0 aromatic carbocycles. The summed E-state index contributed by atoms with van der Waals surface area (Å²) < 4.78 is 12.0. The first-order valence-corrected chi connectivity index (χ1v) is 16.5. The van der Waals surface area contributed by atoms with Crippen LogP contribution in [-0.2, 0) is 19.1 Å². The maximum atomic E-state index is 13.5. The number of ether oxygens (including phenoxy) is 2. The van der Waals surface area contributed by atoms with Crippen LogP contribution in [0.2, 0.25) is 0 Å². The number of carbonyl (C=O) groups is 2. The van der Waals surface area contributed by atoms with Crippen molar-refractivity contribution in [3.05, 3.63) is 24.3 Å². The smallest absolute Gasteiger partial charge is 0.326 e. The van der Waals surface area contributed by atoms with Crippen LogP contribution in [0.1, 0.15) is 123 Å². The SMILES string of the molecule is CC(C)CC(C)(C)/C=C\COC(=O)C(C)(N)C(C)(C)C(OC(=O)CCCN(C)C)C(C)C(C)(C)/C=C\C(C)(C)CC(C)C. The summed E-state index contributed by atoms with van der Waals surface area (Å²) in [6, 6.07) is 0. The van der Waals surface area contributed by atoms with Gasteiger partial charge < -0.3 is 20.1 Å². The average Bonchev–Trinajstić information content (AvgIpc) is 2.81. The Hall–Kier alpha value is -1.66. The molecule has 0 rings (SSSR count). The minimum Gasteiger partial charge on any atom is -0.461 e. The summed E-state index contributed by atoms with van der Waals surface area (Å²) in [5.41, 5.74) is 4.21. The van der Waals surface area contributed by atoms with Gasteiger partial charge in [-0.1, -0.05) is 114 Å². The Morgan fingerprint density at radius 1 is 0.791 bits per heavy atom. The molecule has 0 fully saturated rings. The maximum Gasteiger partial charge on any atom is 0.326 e. The van der Waals surface area contributed by atoms with Gasteiger partial charge in [0, 0.05) is 17.8 Å². The number of esters is 2. The molecule has 0 aliphatic heterocycles. The van der Waals surface area contributed by atoms with Crippen molar-refractivity contribution in [3.8, 4) is 0 Å². The highest BCUT2D eigenvalue weighted by atomic mass is 16.5. The molecule has 0 amide bonds. The number of nitrogens with two attached hydrogens (primary N) is 1. The molecule has 0 heterocycles. The van der Waals surface area contributed by atoms with Crippen molar-refractivity contribution < 1.29 is 19.1 Å². The highest BCUT2D eigenvalue weighted by molar-refractivity contribution is 5.81. The molecule has 43 heavy (non-hydrogen) atoms. The third-order valence-electron chi connectivity index (χ3n) is 9.06. The summed E-state index contributed by atoms with van der Waals surface area (Å²) in [7, 11) is 3.97. The zero-order valence-electron chi connectivity index (χ0n) is 31.0. The van der Waals surface area contributed by atoms with Crippen molar-refractivity contribution in [1.82, 2.24) is 4.90 Å². The normalized spacial score (nSPS) is 16.7. The minimum absolute atomic E-state index is 0.00993. The van der Waals surface area contributed by atoms with Gasteiger partial charge in [-0.3, -0.25) is 9.59 Å². The van der Waals surface area contributed by atoms with Gasteiger partial charge in [0.2, 0.25) is 0 Å². The second-order valence-electron chi connectivity index (χ2n) is 16.9. The molecule has 6 heteroatoms. The minimum atomic E-state index is -1.41. The van der Waals surface area contributed by atoms with E-state index in [1.807, 2.05) is 34.0 Å². The lowest BCUT2D eigenvalue weighted by Gasteiger charge is -2.49. The quantitative estimate of drug-likeness (QED) is 0.117. The number of hydrogen-bond donors (Lipinski definition) is 1. The standard InChI is InChI=1S/C37H70N2O4/c1-27(2)25-33(6,7)20-18-24-42-32(41)37(14,38)36(12,13)31(43-30(40)19-17-23-39(15)16)29(5)35(10,11)22-21-34(8,9)26-28(3)4/h18,20-22,27-29,31H,17,19,23-26,38H2,1-16H3/b20-18-,22-21-. The molecular weight excluding hydrogens is 536 g/mol. The Balaban J connectivity index is 6.21. The van der Waals surface area contributed by atoms with Crippen LogP contribution in [0.5, 0.6) is 0 Å². The molecule has 0 aromatic rings. The summed E-state index contributed by atoms with van der Waals surface area (Å²) in [5, 5.41) is 0. The van der Waals surface area contributed by atoms with E-state index < -0.39 is 23.0 Å². The molecule has 0 saturated carbocycles. The molecule has 0 aromatic heterocycles. The van der Waals surface area contributed by atoms with E-state index in [2.05, 4.69) is 99.3 Å². The maximum absolute atomic E-state index is 13.5. The molecule has 0 spiro atoms. The molecule has 0 saturated heterocycles. The molecule has 3 atom stereocenters. The zero-order valence-corrected chi connectivity index (χ0v) is 31.0. The van der Waals surface area contributed by atoms with Gasteiger partial charge >= 0.3 is 11.9 Å². The van der Waals surface area contributed by atoms with E-state index in [4.69, 9.17) is 15.2 Å². The fourth-order valence-electron chi connectivity index (χ4n) is 6.04. The second-order valence-corrected chi connectivity index (χ2v) is 16.9. The van der Waals surface area contributed by atoms with E-state index in [9.17, 15) is 9.59 Å². The van der Waals surface area contributed by atoms with Crippen LogP contribution in [0, 0.1) is 39.4 Å². The monoisotopic (exact) mass is 607 g/mol. The number of nitrogens with zero attached hydrogens (tertiary/aromatic N) is 1. The lowest BCUT2D eigenvalue weighted by Crippen LogP contribution is -2.64. The van der Waals surface area contributed by atoms with Crippen LogP contribution in [0.15, 0.2) is 24.3 Å². The Morgan fingerprint density at radius 2 is 1.28 bits per heavy atom. The van der Waals surface area contributed by atoms with Gasteiger partial charge in [-0.2, -0.15) is 0 Å². The fourth-order valence-corrected chi connectivity index (χ4v) is 6.04. The Bertz CT molecular complexity index is 923. The lowest BCUT2D eigenvalue weighted by atomic mass is 9.61. The molecule has 252 valence electrons. The van der Waals surface area contributed by atoms with Crippen molar-refractivity contribution in [3.63, 3.8) is 0 Å². The summed E-state index contributed by atoms with van der Waals surface area (Å²) in [5.74, 6) is 0.233. The molecule has 0 bridgehead atoms. The Morgan fingerprint density at radius 3 is 1.74 bits per heavy atom. The lowest BCUT2D eigenvalue weighted by molar-refractivity contribution is -0.176. The Kier molecular flexibility index (Phi) is 16.0. The molecule has 3 unspecified atom stereocenters. The van der Waals surface area contributed by atoms with E-state index in [1.54, 1.807) is 6.92 Å². The third kappa shape index (κ3) is 14.3. The highest BCUT2D eigenvalue weighted by Crippen LogP contribution is 2.45. The van der Waals surface area contributed by atoms with E-state index in [0.29, 0.717) is 24.7 Å². The van der Waals surface area contributed by atoms with E-state index in [1.165, 1.54) is 0 Å². The summed E-state index contributed by atoms with van der Waals surface area (Å²) in [6.45, 7) is 30.7. The first-order chi connectivity index (χ1) is 19.3. The largest absolute Gasteiger partial charge is 0.461 e. The Labute approximate surface area is 266 Å². The first-order valence-electron chi connectivity index (χ1n) is 16.5. The van der Waals surface area contributed by atoms with Crippen molar-refractivity contribution >= 4 is 11.9 Å². The van der Waals surface area contributed by atoms with Gasteiger partial charge in [0.25, 0.3) is 0 Å². The predicted octanol–water partition coefficient (Wildman–Crippen LogP) is 8.45. The third-order valence-corrected chi connectivity index (χ3v) is 9.06. The number of hydrogen-bond acceptors (Lipinski definition) is 6. The second kappa shape index (κ2) is 16.6. The molecule has 0 aliphatic rings. The van der Waals surface area contributed by atoms with Gasteiger partial charge in [-0.25, -0.2) is 0 Å². The van der Waals surface area contributed by atoms with Crippen molar-refractivity contribution in [2.24, 2.45) is 45.1 Å². The molecule has 2 N–H and O–H groups in total. The van der Waals surface area contributed by atoms with E-state index >= 15 is 0 Å². The summed E-state index contributed by atoms with van der Waals surface area (Å²) in [4.78, 5) is 28.8. The van der Waals surface area contributed by atoms with Gasteiger partial charge in [0.15, 0.2) is 0 Å². The number of allylic oxidation sites excluding steroid dienone is 3. The summed E-state index contributed by atoms with van der Waals surface area (Å²) >= 11 is 0. The first kappa shape index (κ1) is 41.3. The zero-order chi connectivity index (χ0) is 34.0. The van der Waals surface area contributed by atoms with Crippen LogP contribution in [0.4, 0.5) is 0 Å². The van der Waals surface area contributed by atoms with Crippen molar-refractivity contribution in [2.45, 2.75) is 134 Å². The molecule has 6 nitrogen and oxygen atoms in total. The number of rotatable bonds is 19.